The van der Waals surface area contributed by atoms with Crippen LogP contribution < -0.4 is 0 Å². The Balaban J connectivity index is 3.62. The average Bonchev–Trinajstić information content (AvgIpc) is 2.09. The number of aliphatic hydroxyl groups is 1. The minimum absolute atomic E-state index is 0.0105. The molecule has 0 saturated heterocycles. The first kappa shape index (κ1) is 13.0. The van der Waals surface area contributed by atoms with E-state index in [1.807, 2.05) is 0 Å². The number of carbonyl (C=O) groups excluding carboxylic acids is 1. The predicted octanol–water partition coefficient (Wildman–Crippen LogP) is -0.946. The zero-order valence-corrected chi connectivity index (χ0v) is 7.93. The summed E-state index contributed by atoms with van der Waals surface area (Å²) >= 11 is 0. The summed E-state index contributed by atoms with van der Waals surface area (Å²) in [5.41, 5.74) is 0. The zero-order chi connectivity index (χ0) is 11.0. The second-order valence-corrected chi connectivity index (χ2v) is 2.54. The third kappa shape index (κ3) is 5.63. The van der Waals surface area contributed by atoms with Crippen LogP contribution in [0.2, 0.25) is 0 Å². The lowest BCUT2D eigenvalue weighted by molar-refractivity contribution is -0.156. The molecule has 0 aliphatic carbocycles. The van der Waals surface area contributed by atoms with E-state index < -0.39 is 17.9 Å². The fraction of sp³-hybridized carbons (Fsp3) is 0.750. The van der Waals surface area contributed by atoms with Crippen LogP contribution in [0, 0.1) is 0 Å². The fourth-order valence-electron chi connectivity index (χ4n) is 0.754. The fourth-order valence-corrected chi connectivity index (χ4v) is 0.754. The van der Waals surface area contributed by atoms with Crippen LogP contribution in [-0.4, -0.2) is 54.5 Å². The first-order chi connectivity index (χ1) is 6.59. The molecule has 0 bridgehead atoms. The molecule has 1 unspecified atom stereocenters. The van der Waals surface area contributed by atoms with Crippen LogP contribution in [0.1, 0.15) is 6.92 Å². The topological polar surface area (TPSA) is 93.1 Å². The van der Waals surface area contributed by atoms with Gasteiger partial charge in [0.1, 0.15) is 0 Å². The number of aliphatic hydroxyl groups excluding tert-OH is 1. The van der Waals surface area contributed by atoms with Crippen molar-refractivity contribution in [1.82, 2.24) is 0 Å². The Kier molecular flexibility index (Phi) is 6.91. The minimum atomic E-state index is -1.42. The summed E-state index contributed by atoms with van der Waals surface area (Å²) in [5, 5.41) is 16.9. The van der Waals surface area contributed by atoms with E-state index in [4.69, 9.17) is 19.7 Å². The lowest BCUT2D eigenvalue weighted by atomic mass is 10.2. The van der Waals surface area contributed by atoms with E-state index in [2.05, 4.69) is 0 Å². The van der Waals surface area contributed by atoms with Crippen LogP contribution in [0.25, 0.3) is 0 Å². The van der Waals surface area contributed by atoms with Gasteiger partial charge in [0.15, 0.2) is 5.78 Å². The van der Waals surface area contributed by atoms with Crippen LogP contribution in [-0.2, 0) is 19.1 Å². The smallest absolute Gasteiger partial charge is 0.340 e. The molecule has 0 radical (unpaired) electrons. The van der Waals surface area contributed by atoms with Crippen LogP contribution in [0.4, 0.5) is 0 Å². The average molecular weight is 206 g/mol. The van der Waals surface area contributed by atoms with Gasteiger partial charge in [0.2, 0.25) is 6.10 Å². The van der Waals surface area contributed by atoms with Crippen molar-refractivity contribution in [2.45, 2.75) is 13.0 Å². The zero-order valence-electron chi connectivity index (χ0n) is 7.93. The van der Waals surface area contributed by atoms with Gasteiger partial charge in [-0.2, -0.15) is 0 Å². The highest BCUT2D eigenvalue weighted by Gasteiger charge is 2.22. The molecule has 0 amide bonds. The van der Waals surface area contributed by atoms with E-state index in [0.717, 1.165) is 6.92 Å². The summed E-state index contributed by atoms with van der Waals surface area (Å²) < 4.78 is 9.57. The van der Waals surface area contributed by atoms with Gasteiger partial charge in [-0.05, 0) is 6.92 Å². The summed E-state index contributed by atoms with van der Waals surface area (Å²) in [4.78, 5) is 21.2. The van der Waals surface area contributed by atoms with E-state index >= 15 is 0 Å². The van der Waals surface area contributed by atoms with Crippen molar-refractivity contribution >= 4 is 11.8 Å². The van der Waals surface area contributed by atoms with E-state index in [-0.39, 0.29) is 26.4 Å². The number of ether oxygens (including phenoxy) is 2. The van der Waals surface area contributed by atoms with Gasteiger partial charge >= 0.3 is 5.97 Å². The number of ketones is 1. The van der Waals surface area contributed by atoms with E-state index in [1.54, 1.807) is 0 Å². The lowest BCUT2D eigenvalue weighted by Crippen LogP contribution is -2.32. The quantitative estimate of drug-likeness (QED) is 0.393. The molecule has 0 aliphatic rings. The van der Waals surface area contributed by atoms with Crippen molar-refractivity contribution < 1.29 is 29.3 Å². The molecule has 0 saturated carbocycles. The number of carboxylic acids is 1. The van der Waals surface area contributed by atoms with E-state index in [0.29, 0.717) is 0 Å². The molecule has 0 aromatic heterocycles. The molecule has 14 heavy (non-hydrogen) atoms. The van der Waals surface area contributed by atoms with Crippen LogP contribution in [0.3, 0.4) is 0 Å². The molecular formula is C8H14O6. The summed E-state index contributed by atoms with van der Waals surface area (Å²) in [5.74, 6) is -1.86. The van der Waals surface area contributed by atoms with E-state index in [1.165, 1.54) is 0 Å². The van der Waals surface area contributed by atoms with Crippen molar-refractivity contribution in [3.63, 3.8) is 0 Å². The maximum absolute atomic E-state index is 10.7. The van der Waals surface area contributed by atoms with Gasteiger partial charge < -0.3 is 19.7 Å². The molecule has 0 fully saturated rings. The highest BCUT2D eigenvalue weighted by atomic mass is 16.5. The Hall–Kier alpha value is -0.980. The number of carbonyl (C=O) groups is 2. The number of rotatable bonds is 8. The third-order valence-corrected chi connectivity index (χ3v) is 1.34. The molecule has 2 N–H and O–H groups in total. The predicted molar refractivity (Wildman–Crippen MR) is 46.0 cm³/mol. The van der Waals surface area contributed by atoms with Crippen molar-refractivity contribution in [3.8, 4) is 0 Å². The molecule has 6 heteroatoms. The molecule has 0 rings (SSSR count). The Labute approximate surface area is 81.4 Å². The molecule has 0 aromatic carbocycles. The van der Waals surface area contributed by atoms with Crippen LogP contribution in [0.15, 0.2) is 0 Å². The standard InChI is InChI=1S/C8H14O6/c1-6(10)7(8(11)12)14-5-4-13-3-2-9/h7,9H,2-5H2,1H3,(H,11,12). The summed E-state index contributed by atoms with van der Waals surface area (Å²) in [6.45, 7) is 1.37. The first-order valence-electron chi connectivity index (χ1n) is 4.13. The van der Waals surface area contributed by atoms with Gasteiger partial charge in [-0.1, -0.05) is 0 Å². The number of carboxylic acid groups (broad SMARTS) is 1. The Morgan fingerprint density at radius 3 is 2.36 bits per heavy atom. The Bertz CT molecular complexity index is 176. The molecule has 0 heterocycles. The highest BCUT2D eigenvalue weighted by Crippen LogP contribution is 1.94. The summed E-state index contributed by atoms with van der Waals surface area (Å²) in [6, 6.07) is 0. The van der Waals surface area contributed by atoms with Gasteiger partial charge in [-0.15, -0.1) is 0 Å². The van der Waals surface area contributed by atoms with Gasteiger partial charge in [0, 0.05) is 0 Å². The molecule has 82 valence electrons. The van der Waals surface area contributed by atoms with Crippen LogP contribution >= 0.6 is 0 Å². The van der Waals surface area contributed by atoms with Crippen molar-refractivity contribution in [3.05, 3.63) is 0 Å². The molecule has 0 aliphatic heterocycles. The minimum Gasteiger partial charge on any atom is -0.479 e. The third-order valence-electron chi connectivity index (χ3n) is 1.34. The van der Waals surface area contributed by atoms with Crippen LogP contribution in [0.5, 0.6) is 0 Å². The van der Waals surface area contributed by atoms with Gasteiger partial charge in [-0.3, -0.25) is 4.79 Å². The Morgan fingerprint density at radius 2 is 1.93 bits per heavy atom. The SMILES string of the molecule is CC(=O)C(OCCOCCO)C(=O)O. The second-order valence-electron chi connectivity index (χ2n) is 2.54. The number of hydrogen-bond donors (Lipinski definition) is 2. The summed E-state index contributed by atoms with van der Waals surface area (Å²) in [7, 11) is 0. The molecule has 1 atom stereocenters. The normalized spacial score (nSPS) is 12.4. The van der Waals surface area contributed by atoms with Crippen molar-refractivity contribution in [1.29, 1.82) is 0 Å². The maximum Gasteiger partial charge on any atom is 0.340 e. The van der Waals surface area contributed by atoms with Crippen molar-refractivity contribution in [2.75, 3.05) is 26.4 Å². The number of Topliss-reactive ketones (excluding diaryl/α,β-unsaturated/α-hetero) is 1. The van der Waals surface area contributed by atoms with Gasteiger partial charge in [0.25, 0.3) is 0 Å². The monoisotopic (exact) mass is 206 g/mol. The lowest BCUT2D eigenvalue weighted by Gasteiger charge is -2.09. The largest absolute Gasteiger partial charge is 0.479 e. The Morgan fingerprint density at radius 1 is 1.29 bits per heavy atom. The second kappa shape index (κ2) is 7.43. The molecular weight excluding hydrogens is 192 g/mol. The van der Waals surface area contributed by atoms with E-state index in [9.17, 15) is 9.59 Å². The first-order valence-corrected chi connectivity index (χ1v) is 4.13. The van der Waals surface area contributed by atoms with Gasteiger partial charge in [-0.25, -0.2) is 4.79 Å². The number of aliphatic carboxylic acids is 1. The maximum atomic E-state index is 10.7. The molecule has 0 aromatic rings. The molecule has 0 spiro atoms. The molecule has 6 nitrogen and oxygen atoms in total. The van der Waals surface area contributed by atoms with Crippen molar-refractivity contribution in [2.24, 2.45) is 0 Å². The highest BCUT2D eigenvalue weighted by molar-refractivity contribution is 5.99. The summed E-state index contributed by atoms with van der Waals surface area (Å²) in [6.07, 6.45) is -1.42. The number of hydrogen-bond acceptors (Lipinski definition) is 5. The van der Waals surface area contributed by atoms with Gasteiger partial charge in [0.05, 0.1) is 26.4 Å².